The highest BCUT2D eigenvalue weighted by Gasteiger charge is 2.12. The van der Waals surface area contributed by atoms with Crippen LogP contribution in [-0.2, 0) is 0 Å². The standard InChI is InChI=1S/C12H24N2/c1-3-8-13-9-7-12(2)14-10-5-4-6-11-14/h4-5,12-13H,3,6-11H2,1-2H3. The molecule has 0 fully saturated rings. The van der Waals surface area contributed by atoms with Gasteiger partial charge >= 0.3 is 0 Å². The van der Waals surface area contributed by atoms with E-state index >= 15 is 0 Å². The zero-order valence-electron chi connectivity index (χ0n) is 9.63. The lowest BCUT2D eigenvalue weighted by Crippen LogP contribution is -2.37. The van der Waals surface area contributed by atoms with Crippen molar-refractivity contribution in [2.45, 2.75) is 39.2 Å². The third-order valence-corrected chi connectivity index (χ3v) is 2.88. The molecule has 1 N–H and O–H groups in total. The van der Waals surface area contributed by atoms with Crippen molar-refractivity contribution in [3.63, 3.8) is 0 Å². The number of hydrogen-bond donors (Lipinski definition) is 1. The van der Waals surface area contributed by atoms with Gasteiger partial charge in [-0.1, -0.05) is 19.1 Å². The Morgan fingerprint density at radius 2 is 2.21 bits per heavy atom. The maximum atomic E-state index is 3.46. The van der Waals surface area contributed by atoms with Gasteiger partial charge in [-0.2, -0.15) is 0 Å². The Morgan fingerprint density at radius 3 is 2.86 bits per heavy atom. The molecule has 0 aliphatic carbocycles. The molecule has 2 nitrogen and oxygen atoms in total. The summed E-state index contributed by atoms with van der Waals surface area (Å²) in [5, 5.41) is 3.46. The van der Waals surface area contributed by atoms with Gasteiger partial charge in [0.15, 0.2) is 0 Å². The summed E-state index contributed by atoms with van der Waals surface area (Å²) in [5.74, 6) is 0. The van der Waals surface area contributed by atoms with Gasteiger partial charge in [0.2, 0.25) is 0 Å². The quantitative estimate of drug-likeness (QED) is 0.516. The Balaban J connectivity index is 2.08. The summed E-state index contributed by atoms with van der Waals surface area (Å²) in [6.45, 7) is 9.26. The SMILES string of the molecule is CCCNCCC(C)N1CC=CCC1. The van der Waals surface area contributed by atoms with Gasteiger partial charge in [-0.05, 0) is 39.3 Å². The molecule has 1 heterocycles. The van der Waals surface area contributed by atoms with Crippen LogP contribution in [0.15, 0.2) is 12.2 Å². The summed E-state index contributed by atoms with van der Waals surface area (Å²) < 4.78 is 0. The van der Waals surface area contributed by atoms with Gasteiger partial charge < -0.3 is 5.32 Å². The topological polar surface area (TPSA) is 15.3 Å². The van der Waals surface area contributed by atoms with Crippen molar-refractivity contribution in [3.8, 4) is 0 Å². The Morgan fingerprint density at radius 1 is 1.36 bits per heavy atom. The molecule has 0 radical (unpaired) electrons. The van der Waals surface area contributed by atoms with Gasteiger partial charge in [-0.3, -0.25) is 4.90 Å². The largest absolute Gasteiger partial charge is 0.317 e. The average molecular weight is 196 g/mol. The van der Waals surface area contributed by atoms with Crippen LogP contribution in [0.4, 0.5) is 0 Å². The molecule has 1 rings (SSSR count). The molecule has 0 aromatic carbocycles. The Bertz CT molecular complexity index is 166. The molecule has 1 aliphatic rings. The Kier molecular flexibility index (Phi) is 5.88. The predicted octanol–water partition coefficient (Wildman–Crippen LogP) is 2.03. The molecule has 0 amide bonds. The minimum Gasteiger partial charge on any atom is -0.317 e. The molecule has 0 bridgehead atoms. The molecule has 0 spiro atoms. The summed E-state index contributed by atoms with van der Waals surface area (Å²) in [6.07, 6.45) is 8.32. The van der Waals surface area contributed by atoms with Crippen LogP contribution < -0.4 is 5.32 Å². The van der Waals surface area contributed by atoms with Gasteiger partial charge in [-0.15, -0.1) is 0 Å². The van der Waals surface area contributed by atoms with Crippen molar-refractivity contribution in [1.29, 1.82) is 0 Å². The molecule has 1 atom stereocenters. The fraction of sp³-hybridized carbons (Fsp3) is 0.833. The van der Waals surface area contributed by atoms with Crippen LogP contribution in [-0.4, -0.2) is 37.1 Å². The lowest BCUT2D eigenvalue weighted by Gasteiger charge is -2.29. The first-order chi connectivity index (χ1) is 6.84. The average Bonchev–Trinajstić information content (AvgIpc) is 2.25. The molecule has 14 heavy (non-hydrogen) atoms. The van der Waals surface area contributed by atoms with Crippen LogP contribution in [0.25, 0.3) is 0 Å². The van der Waals surface area contributed by atoms with Crippen molar-refractivity contribution in [2.75, 3.05) is 26.2 Å². The van der Waals surface area contributed by atoms with E-state index in [-0.39, 0.29) is 0 Å². The van der Waals surface area contributed by atoms with Gasteiger partial charge in [0.05, 0.1) is 0 Å². The smallest absolute Gasteiger partial charge is 0.0166 e. The maximum Gasteiger partial charge on any atom is 0.0166 e. The summed E-state index contributed by atoms with van der Waals surface area (Å²) in [4.78, 5) is 2.56. The van der Waals surface area contributed by atoms with Crippen molar-refractivity contribution in [3.05, 3.63) is 12.2 Å². The molecular formula is C12H24N2. The molecule has 0 aromatic heterocycles. The van der Waals surface area contributed by atoms with Crippen molar-refractivity contribution >= 4 is 0 Å². The molecular weight excluding hydrogens is 172 g/mol. The Hall–Kier alpha value is -0.340. The molecule has 82 valence electrons. The van der Waals surface area contributed by atoms with E-state index in [1.54, 1.807) is 0 Å². The summed E-state index contributed by atoms with van der Waals surface area (Å²) in [6, 6.07) is 0.726. The lowest BCUT2D eigenvalue weighted by atomic mass is 10.1. The number of rotatable bonds is 6. The molecule has 0 aromatic rings. The summed E-state index contributed by atoms with van der Waals surface area (Å²) in [5.41, 5.74) is 0. The third-order valence-electron chi connectivity index (χ3n) is 2.88. The first-order valence-corrected chi connectivity index (χ1v) is 5.94. The van der Waals surface area contributed by atoms with E-state index in [1.807, 2.05) is 0 Å². The first-order valence-electron chi connectivity index (χ1n) is 5.94. The second-order valence-electron chi connectivity index (χ2n) is 4.14. The monoisotopic (exact) mass is 196 g/mol. The van der Waals surface area contributed by atoms with Crippen LogP contribution in [0.1, 0.15) is 33.1 Å². The number of nitrogens with zero attached hydrogens (tertiary/aromatic N) is 1. The highest BCUT2D eigenvalue weighted by Crippen LogP contribution is 2.08. The van der Waals surface area contributed by atoms with Gasteiger partial charge in [0.1, 0.15) is 0 Å². The highest BCUT2D eigenvalue weighted by molar-refractivity contribution is 4.92. The summed E-state index contributed by atoms with van der Waals surface area (Å²) in [7, 11) is 0. The molecule has 1 unspecified atom stereocenters. The minimum atomic E-state index is 0.726. The van der Waals surface area contributed by atoms with Crippen LogP contribution in [0.3, 0.4) is 0 Å². The highest BCUT2D eigenvalue weighted by atomic mass is 15.1. The van der Waals surface area contributed by atoms with Gasteiger partial charge in [-0.25, -0.2) is 0 Å². The van der Waals surface area contributed by atoms with E-state index in [9.17, 15) is 0 Å². The molecule has 2 heteroatoms. The third kappa shape index (κ3) is 4.25. The second kappa shape index (κ2) is 7.02. The zero-order chi connectivity index (χ0) is 10.2. The lowest BCUT2D eigenvalue weighted by molar-refractivity contribution is 0.217. The van der Waals surface area contributed by atoms with Crippen LogP contribution in [0.2, 0.25) is 0 Å². The second-order valence-corrected chi connectivity index (χ2v) is 4.14. The van der Waals surface area contributed by atoms with E-state index in [2.05, 4.69) is 36.2 Å². The molecule has 1 aliphatic heterocycles. The van der Waals surface area contributed by atoms with E-state index < -0.39 is 0 Å². The zero-order valence-corrected chi connectivity index (χ0v) is 9.63. The van der Waals surface area contributed by atoms with E-state index in [0.717, 1.165) is 25.7 Å². The van der Waals surface area contributed by atoms with Crippen molar-refractivity contribution in [2.24, 2.45) is 0 Å². The Labute approximate surface area is 88.4 Å². The fourth-order valence-electron chi connectivity index (χ4n) is 1.86. The molecule has 0 saturated heterocycles. The van der Waals surface area contributed by atoms with Crippen LogP contribution >= 0.6 is 0 Å². The number of hydrogen-bond acceptors (Lipinski definition) is 2. The predicted molar refractivity (Wildman–Crippen MR) is 62.6 cm³/mol. The van der Waals surface area contributed by atoms with Crippen LogP contribution in [0.5, 0.6) is 0 Å². The minimum absolute atomic E-state index is 0.726. The van der Waals surface area contributed by atoms with E-state index in [1.165, 1.54) is 25.8 Å². The van der Waals surface area contributed by atoms with E-state index in [0.29, 0.717) is 0 Å². The summed E-state index contributed by atoms with van der Waals surface area (Å²) >= 11 is 0. The first kappa shape index (κ1) is 11.7. The fourth-order valence-corrected chi connectivity index (χ4v) is 1.86. The maximum absolute atomic E-state index is 3.46. The van der Waals surface area contributed by atoms with E-state index in [4.69, 9.17) is 0 Å². The normalized spacial score (nSPS) is 19.9. The van der Waals surface area contributed by atoms with Crippen molar-refractivity contribution < 1.29 is 0 Å². The van der Waals surface area contributed by atoms with Gasteiger partial charge in [0.25, 0.3) is 0 Å². The van der Waals surface area contributed by atoms with Gasteiger partial charge in [0, 0.05) is 19.1 Å². The number of nitrogens with one attached hydrogen (secondary N) is 1. The van der Waals surface area contributed by atoms with Crippen LogP contribution in [0, 0.1) is 0 Å². The molecule has 0 saturated carbocycles. The van der Waals surface area contributed by atoms with Crippen molar-refractivity contribution in [1.82, 2.24) is 10.2 Å².